The lowest BCUT2D eigenvalue weighted by Gasteiger charge is -2.31. The van der Waals surface area contributed by atoms with Crippen molar-refractivity contribution in [2.45, 2.75) is 40.1 Å². The van der Waals surface area contributed by atoms with Crippen molar-refractivity contribution in [2.24, 2.45) is 0 Å². The minimum atomic E-state index is -3.88. The lowest BCUT2D eigenvalue weighted by molar-refractivity contribution is 0.197. The highest BCUT2D eigenvalue weighted by molar-refractivity contribution is 7.72. The van der Waals surface area contributed by atoms with Gasteiger partial charge in [0.1, 0.15) is 0 Å². The van der Waals surface area contributed by atoms with Crippen LogP contribution in [0, 0.1) is 6.92 Å². The number of oxazole rings is 1. The number of anilines is 1. The summed E-state index contributed by atoms with van der Waals surface area (Å²) >= 11 is 0. The number of aryl methyl sites for hydroxylation is 1. The summed E-state index contributed by atoms with van der Waals surface area (Å²) in [5, 5.41) is 2.76. The molecule has 0 aliphatic heterocycles. The molecule has 1 heterocycles. The summed E-state index contributed by atoms with van der Waals surface area (Å²) in [5.41, 5.74) is -1.38. The van der Waals surface area contributed by atoms with E-state index < -0.39 is 20.7 Å². The molecule has 140 valence electrons. The summed E-state index contributed by atoms with van der Waals surface area (Å²) < 4.78 is 53.1. The van der Waals surface area contributed by atoms with Crippen LogP contribution < -0.4 is 5.32 Å². The maximum absolute atomic E-state index is 13.2. The Hall–Kier alpha value is -0.690. The van der Waals surface area contributed by atoms with Crippen molar-refractivity contribution in [3.63, 3.8) is 0 Å². The Bertz CT molecular complexity index is 543. The molecule has 0 amide bonds. The van der Waals surface area contributed by atoms with Crippen LogP contribution in [0.3, 0.4) is 0 Å². The van der Waals surface area contributed by atoms with Gasteiger partial charge in [-0.1, -0.05) is 0 Å². The number of hydrogen-bond donors (Lipinski definition) is 1. The number of rotatable bonds is 12. The first-order chi connectivity index (χ1) is 11.3. The molecule has 24 heavy (non-hydrogen) atoms. The first-order valence-electron chi connectivity index (χ1n) is 7.81. The van der Waals surface area contributed by atoms with E-state index in [0.29, 0.717) is 5.89 Å². The normalized spacial score (nSPS) is 12.8. The van der Waals surface area contributed by atoms with Gasteiger partial charge in [0, 0.05) is 6.92 Å². The smallest absolute Gasteiger partial charge is 0.365 e. The van der Waals surface area contributed by atoms with Crippen LogP contribution in [0.1, 0.15) is 33.6 Å². The van der Waals surface area contributed by atoms with Crippen molar-refractivity contribution in [1.29, 1.82) is 0 Å². The number of nitrogens with one attached hydrogen (secondary N) is 1. The van der Waals surface area contributed by atoms with E-state index in [9.17, 15) is 9.13 Å². The van der Waals surface area contributed by atoms with Crippen LogP contribution in [-0.2, 0) is 27.2 Å². The van der Waals surface area contributed by atoms with Gasteiger partial charge in [0.25, 0.3) is 0 Å². The van der Waals surface area contributed by atoms with Crippen molar-refractivity contribution in [3.8, 4) is 0 Å². The fraction of sp³-hybridized carbons (Fsp3) is 0.769. The van der Waals surface area contributed by atoms with E-state index in [0.717, 1.165) is 0 Å². The van der Waals surface area contributed by atoms with Crippen molar-refractivity contribution >= 4 is 21.1 Å². The van der Waals surface area contributed by atoms with Crippen LogP contribution in [0.4, 0.5) is 5.88 Å². The van der Waals surface area contributed by atoms with Gasteiger partial charge in [-0.25, -0.2) is 4.98 Å². The topological polar surface area (TPSA) is 109 Å². The van der Waals surface area contributed by atoms with E-state index in [-0.39, 0.29) is 32.3 Å². The second-order valence-corrected chi connectivity index (χ2v) is 9.14. The van der Waals surface area contributed by atoms with Gasteiger partial charge >= 0.3 is 15.2 Å². The van der Waals surface area contributed by atoms with Crippen molar-refractivity contribution in [2.75, 3.05) is 31.7 Å². The SMILES string of the molecule is CCOP(=O)(OCC)C(Nc1cnc(C)o1)P(=O)(OCC)OCC. The predicted octanol–water partition coefficient (Wildman–Crippen LogP) is 4.21. The van der Waals surface area contributed by atoms with E-state index in [2.05, 4.69) is 10.3 Å². The molecule has 0 fully saturated rings. The summed E-state index contributed by atoms with van der Waals surface area (Å²) in [6.07, 6.45) is 1.38. The maximum atomic E-state index is 13.2. The van der Waals surface area contributed by atoms with Crippen molar-refractivity contribution in [3.05, 3.63) is 12.1 Å². The van der Waals surface area contributed by atoms with Crippen molar-refractivity contribution < 1.29 is 31.6 Å². The largest absolute Gasteiger partial charge is 0.426 e. The molecule has 0 spiro atoms. The molecule has 0 radical (unpaired) electrons. The third kappa shape index (κ3) is 5.41. The molecule has 0 aliphatic rings. The van der Waals surface area contributed by atoms with Crippen LogP contribution in [0.5, 0.6) is 0 Å². The Morgan fingerprint density at radius 1 is 1.00 bits per heavy atom. The molecule has 0 bridgehead atoms. The van der Waals surface area contributed by atoms with E-state index in [1.54, 1.807) is 34.6 Å². The van der Waals surface area contributed by atoms with Gasteiger partial charge in [-0.05, 0) is 27.7 Å². The quantitative estimate of drug-likeness (QED) is 0.530. The summed E-state index contributed by atoms with van der Waals surface area (Å²) in [5.74, 6) is 0.554. The maximum Gasteiger partial charge on any atom is 0.365 e. The first kappa shape index (κ1) is 21.4. The zero-order valence-electron chi connectivity index (χ0n) is 14.7. The van der Waals surface area contributed by atoms with Crippen LogP contribution in [0.2, 0.25) is 0 Å². The summed E-state index contributed by atoms with van der Waals surface area (Å²) in [4.78, 5) is 3.95. The average molecular weight is 384 g/mol. The Kier molecular flexibility index (Phi) is 8.63. The van der Waals surface area contributed by atoms with E-state index in [4.69, 9.17) is 22.5 Å². The summed E-state index contributed by atoms with van der Waals surface area (Å²) in [6.45, 7) is 8.69. The van der Waals surface area contributed by atoms with Gasteiger partial charge < -0.3 is 27.8 Å². The molecule has 1 aromatic rings. The highest BCUT2D eigenvalue weighted by Crippen LogP contribution is 2.70. The molecule has 11 heteroatoms. The van der Waals surface area contributed by atoms with Crippen LogP contribution in [0.15, 0.2) is 10.6 Å². The zero-order valence-corrected chi connectivity index (χ0v) is 16.5. The van der Waals surface area contributed by atoms with E-state index in [1.165, 1.54) is 6.20 Å². The third-order valence-corrected chi connectivity index (χ3v) is 8.35. The zero-order chi connectivity index (χ0) is 18.2. The Balaban J connectivity index is 3.31. The van der Waals surface area contributed by atoms with Gasteiger partial charge in [-0.2, -0.15) is 0 Å². The second kappa shape index (κ2) is 9.70. The van der Waals surface area contributed by atoms with Crippen LogP contribution in [0.25, 0.3) is 0 Å². The average Bonchev–Trinajstić information content (AvgIpc) is 2.91. The third-order valence-electron chi connectivity index (χ3n) is 2.73. The van der Waals surface area contributed by atoms with Gasteiger partial charge in [0.15, 0.2) is 5.89 Å². The Morgan fingerprint density at radius 3 is 1.71 bits per heavy atom. The predicted molar refractivity (Wildman–Crippen MR) is 90.4 cm³/mol. The van der Waals surface area contributed by atoms with Gasteiger partial charge in [-0.3, -0.25) is 9.13 Å². The summed E-state index contributed by atoms with van der Waals surface area (Å²) in [7, 11) is -7.76. The van der Waals surface area contributed by atoms with Gasteiger partial charge in [0.05, 0.1) is 32.6 Å². The molecular formula is C13H26N2O7P2. The van der Waals surface area contributed by atoms with E-state index >= 15 is 0 Å². The number of aromatic nitrogens is 1. The highest BCUT2D eigenvalue weighted by atomic mass is 31.2. The van der Waals surface area contributed by atoms with Crippen LogP contribution in [-0.4, -0.2) is 36.9 Å². The molecule has 1 aromatic heterocycles. The highest BCUT2D eigenvalue weighted by Gasteiger charge is 2.51. The molecule has 0 aliphatic carbocycles. The molecule has 0 unspecified atom stereocenters. The molecule has 0 saturated carbocycles. The molecule has 0 atom stereocenters. The standard InChI is InChI=1S/C13H26N2O7P2/c1-6-18-23(16,19-7-2)13(15-12-10-14-11(5)22-12)24(17,20-8-3)21-9-4/h10,13,15H,6-9H2,1-5H3. The number of hydrogen-bond acceptors (Lipinski definition) is 9. The van der Waals surface area contributed by atoms with E-state index in [1.807, 2.05) is 0 Å². The molecule has 9 nitrogen and oxygen atoms in total. The first-order valence-corrected chi connectivity index (χ1v) is 11.0. The van der Waals surface area contributed by atoms with Gasteiger partial charge in [-0.15, -0.1) is 0 Å². The fourth-order valence-corrected chi connectivity index (χ4v) is 6.87. The number of nitrogens with zero attached hydrogens (tertiary/aromatic N) is 1. The van der Waals surface area contributed by atoms with Crippen molar-refractivity contribution in [1.82, 2.24) is 4.98 Å². The van der Waals surface area contributed by atoms with Crippen LogP contribution >= 0.6 is 15.2 Å². The minimum Gasteiger partial charge on any atom is -0.426 e. The monoisotopic (exact) mass is 384 g/mol. The minimum absolute atomic E-state index is 0.100. The van der Waals surface area contributed by atoms with Gasteiger partial charge in [0.2, 0.25) is 11.4 Å². The molecule has 0 aromatic carbocycles. The molecular weight excluding hydrogens is 358 g/mol. The lowest BCUT2D eigenvalue weighted by atomic mass is 10.8. The fourth-order valence-electron chi connectivity index (χ4n) is 1.96. The lowest BCUT2D eigenvalue weighted by Crippen LogP contribution is -2.25. The second-order valence-electron chi connectivity index (χ2n) is 4.51. The molecule has 0 saturated heterocycles. The molecule has 1 N–H and O–H groups in total. The Labute approximate surface area is 142 Å². The molecule has 1 rings (SSSR count). The summed E-state index contributed by atoms with van der Waals surface area (Å²) in [6, 6.07) is 0. The Morgan fingerprint density at radius 2 is 1.42 bits per heavy atom.